The first-order valence-electron chi connectivity index (χ1n) is 13.1. The molecule has 0 spiro atoms. The topological polar surface area (TPSA) is 75.0 Å². The number of aromatic nitrogens is 1. The summed E-state index contributed by atoms with van der Waals surface area (Å²) in [5.74, 6) is 0.389. The van der Waals surface area contributed by atoms with Gasteiger partial charge in [-0.3, -0.25) is 9.69 Å². The molecule has 0 aliphatic carbocycles. The van der Waals surface area contributed by atoms with Crippen molar-refractivity contribution >= 4 is 28.8 Å². The summed E-state index contributed by atoms with van der Waals surface area (Å²) in [6, 6.07) is 0. The van der Waals surface area contributed by atoms with E-state index in [1.807, 2.05) is 26.8 Å². The third kappa shape index (κ3) is 8.70. The maximum Gasteiger partial charge on any atom is 0.310 e. The molecule has 1 saturated heterocycles. The summed E-state index contributed by atoms with van der Waals surface area (Å²) in [4.78, 5) is 24.2. The van der Waals surface area contributed by atoms with Crippen LogP contribution < -0.4 is 0 Å². The fraction of sp³-hybridized carbons (Fsp3) is 0.679. The zero-order chi connectivity index (χ0) is 27.9. The number of carbonyl (C=O) groups is 1. The third-order valence-electron chi connectivity index (χ3n) is 6.30. The van der Waals surface area contributed by atoms with Crippen molar-refractivity contribution in [1.29, 1.82) is 0 Å². The van der Waals surface area contributed by atoms with Crippen molar-refractivity contribution < 1.29 is 23.4 Å². The van der Waals surface area contributed by atoms with Crippen LogP contribution in [0.25, 0.3) is 5.57 Å². The van der Waals surface area contributed by atoms with Gasteiger partial charge in [-0.05, 0) is 51.9 Å². The molecule has 9 heteroatoms. The number of ether oxygens (including phenoxy) is 1. The second kappa shape index (κ2) is 13.6. The molecule has 0 radical (unpaired) electrons. The van der Waals surface area contributed by atoms with E-state index in [4.69, 9.17) is 4.74 Å². The second-order valence-electron chi connectivity index (χ2n) is 11.1. The van der Waals surface area contributed by atoms with Gasteiger partial charge in [0.1, 0.15) is 5.01 Å². The molecule has 1 N–H and O–H groups in total. The average molecular weight is 540 g/mol. The normalized spacial score (nSPS) is 24.2. The molecule has 3 rings (SSSR count). The third-order valence-corrected chi connectivity index (χ3v) is 7.48. The molecule has 208 valence electrons. The van der Waals surface area contributed by atoms with Crippen molar-refractivity contribution in [2.45, 2.75) is 93.7 Å². The monoisotopic (exact) mass is 539 g/mol. The molecule has 0 aromatic carbocycles. The Morgan fingerprint density at radius 1 is 1.30 bits per heavy atom. The molecule has 1 aromatic heterocycles. The number of carboxylic acids is 1. The van der Waals surface area contributed by atoms with E-state index < -0.39 is 23.9 Å². The number of aliphatic carboxylic acids is 1. The van der Waals surface area contributed by atoms with Crippen molar-refractivity contribution in [2.24, 2.45) is 22.2 Å². The Bertz CT molecular complexity index is 1020. The molecule has 0 saturated carbocycles. The van der Waals surface area contributed by atoms with Crippen LogP contribution >= 0.6 is 11.3 Å². The lowest BCUT2D eigenvalue weighted by molar-refractivity contribution is -0.154. The van der Waals surface area contributed by atoms with Gasteiger partial charge in [0.25, 0.3) is 6.36 Å². The number of hydrogen-bond donors (Lipinski definition) is 1. The lowest BCUT2D eigenvalue weighted by Crippen LogP contribution is -2.50. The number of halogens is 2. The van der Waals surface area contributed by atoms with Gasteiger partial charge in [-0.15, -0.1) is 11.3 Å². The van der Waals surface area contributed by atoms with Crippen molar-refractivity contribution in [3.63, 3.8) is 0 Å². The van der Waals surface area contributed by atoms with E-state index in [1.165, 1.54) is 11.3 Å². The standard InChI is InChI=1S/C24H33F2N3O3S.C4H10/c1-6-24(23(30)31)9-15(3)11-29(13-24)12-19-17(5)28-22(33-19)18-8-7-14(2)10-27-21(18)32-20(26)16(4)25;1-4(2)3/h8,10,15-16,20H,6-7,9,11-13H2,1-5H3,(H,30,31);4H,1-3H3. The molecular formula is C28H43F2N3O3S. The average Bonchev–Trinajstić information content (AvgIpc) is 3.04. The Hall–Kier alpha value is -2.13. The highest BCUT2D eigenvalue weighted by Gasteiger charge is 2.43. The van der Waals surface area contributed by atoms with Crippen LogP contribution in [0.15, 0.2) is 22.8 Å². The molecule has 6 nitrogen and oxygen atoms in total. The SMILES string of the molecule is CC(C)C.CCC1(C(=O)O)CC(C)CN(Cc2sc(C3=CCC(C)=CN=C3OC(F)C(C)F)nc2C)C1. The summed E-state index contributed by atoms with van der Waals surface area (Å²) >= 11 is 1.46. The first-order chi connectivity index (χ1) is 17.3. The predicted molar refractivity (Wildman–Crippen MR) is 147 cm³/mol. The van der Waals surface area contributed by atoms with Gasteiger partial charge in [-0.2, -0.15) is 4.39 Å². The fourth-order valence-corrected chi connectivity index (χ4v) is 5.56. The molecule has 4 atom stereocenters. The molecule has 37 heavy (non-hydrogen) atoms. The minimum Gasteiger partial charge on any atom is -0.481 e. The minimum atomic E-state index is -2.12. The lowest BCUT2D eigenvalue weighted by atomic mass is 9.74. The van der Waals surface area contributed by atoms with E-state index in [2.05, 4.69) is 42.6 Å². The molecule has 0 bridgehead atoms. The molecule has 1 aromatic rings. The molecular weight excluding hydrogens is 496 g/mol. The number of carboxylic acid groups (broad SMARTS) is 1. The summed E-state index contributed by atoms with van der Waals surface area (Å²) in [7, 11) is 0. The van der Waals surface area contributed by atoms with Gasteiger partial charge >= 0.3 is 5.97 Å². The first-order valence-corrected chi connectivity index (χ1v) is 13.9. The van der Waals surface area contributed by atoms with Crippen LogP contribution in [-0.2, 0) is 16.1 Å². The quantitative estimate of drug-likeness (QED) is 0.397. The number of likely N-dealkylation sites (tertiary alicyclic amines) is 1. The molecule has 1 fully saturated rings. The maximum atomic E-state index is 14.0. The molecule has 0 amide bonds. The molecule has 2 aliphatic rings. The number of thiazole rings is 1. The summed E-state index contributed by atoms with van der Waals surface area (Å²) in [5.41, 5.74) is 1.61. The molecule has 3 heterocycles. The van der Waals surface area contributed by atoms with E-state index in [0.29, 0.717) is 42.9 Å². The summed E-state index contributed by atoms with van der Waals surface area (Å²) < 4.78 is 32.7. The highest BCUT2D eigenvalue weighted by molar-refractivity contribution is 7.13. The second-order valence-corrected chi connectivity index (χ2v) is 12.1. The number of rotatable bonds is 7. The van der Waals surface area contributed by atoms with E-state index in [9.17, 15) is 18.7 Å². The number of alkyl halides is 2. The minimum absolute atomic E-state index is 0.0200. The number of hydrogen-bond acceptors (Lipinski definition) is 6. The van der Waals surface area contributed by atoms with Crippen LogP contribution in [-0.4, -0.2) is 52.5 Å². The van der Waals surface area contributed by atoms with Gasteiger partial charge in [-0.25, -0.2) is 14.4 Å². The summed E-state index contributed by atoms with van der Waals surface area (Å²) in [5, 5.41) is 10.5. The first kappa shape index (κ1) is 31.1. The van der Waals surface area contributed by atoms with Crippen LogP contribution in [0.3, 0.4) is 0 Å². The van der Waals surface area contributed by atoms with Crippen LogP contribution in [0.4, 0.5) is 8.78 Å². The van der Waals surface area contributed by atoms with Crippen molar-refractivity contribution in [3.8, 4) is 0 Å². The Balaban J connectivity index is 0.00000112. The van der Waals surface area contributed by atoms with Crippen molar-refractivity contribution in [3.05, 3.63) is 33.4 Å². The number of nitrogens with zero attached hydrogens (tertiary/aromatic N) is 3. The van der Waals surface area contributed by atoms with Crippen LogP contribution in [0, 0.1) is 24.2 Å². The number of aryl methyl sites for hydroxylation is 1. The number of piperidine rings is 1. The zero-order valence-corrected chi connectivity index (χ0v) is 24.3. The van der Waals surface area contributed by atoms with Crippen molar-refractivity contribution in [1.82, 2.24) is 9.88 Å². The van der Waals surface area contributed by atoms with Crippen LogP contribution in [0.1, 0.15) is 83.3 Å². The summed E-state index contributed by atoms with van der Waals surface area (Å²) in [6.45, 7) is 17.4. The zero-order valence-electron chi connectivity index (χ0n) is 23.5. The predicted octanol–water partition coefficient (Wildman–Crippen LogP) is 7.20. The molecule has 4 unspecified atom stereocenters. The Morgan fingerprint density at radius 3 is 2.51 bits per heavy atom. The Labute approximate surface area is 224 Å². The number of allylic oxidation sites excluding steroid dienone is 2. The Morgan fingerprint density at radius 2 is 1.95 bits per heavy atom. The van der Waals surface area contributed by atoms with Gasteiger partial charge in [0.2, 0.25) is 5.90 Å². The molecule has 2 aliphatic heterocycles. The highest BCUT2D eigenvalue weighted by Crippen LogP contribution is 2.38. The van der Waals surface area contributed by atoms with Gasteiger partial charge in [0, 0.05) is 30.7 Å². The van der Waals surface area contributed by atoms with E-state index in [-0.39, 0.29) is 11.8 Å². The largest absolute Gasteiger partial charge is 0.481 e. The van der Waals surface area contributed by atoms with Gasteiger partial charge in [0.15, 0.2) is 6.17 Å². The highest BCUT2D eigenvalue weighted by atomic mass is 32.1. The smallest absolute Gasteiger partial charge is 0.310 e. The van der Waals surface area contributed by atoms with E-state index in [0.717, 1.165) is 35.5 Å². The fourth-order valence-electron chi connectivity index (χ4n) is 4.42. The van der Waals surface area contributed by atoms with Gasteiger partial charge in [-0.1, -0.05) is 46.3 Å². The maximum absolute atomic E-state index is 14.0. The van der Waals surface area contributed by atoms with E-state index >= 15 is 0 Å². The lowest BCUT2D eigenvalue weighted by Gasteiger charge is -2.42. The van der Waals surface area contributed by atoms with E-state index in [1.54, 1.807) is 6.20 Å². The van der Waals surface area contributed by atoms with Crippen LogP contribution in [0.2, 0.25) is 0 Å². The number of aliphatic imine (C=N–C) groups is 1. The van der Waals surface area contributed by atoms with Gasteiger partial charge in [0.05, 0.1) is 16.7 Å². The van der Waals surface area contributed by atoms with Gasteiger partial charge < -0.3 is 9.84 Å². The van der Waals surface area contributed by atoms with Crippen LogP contribution in [0.5, 0.6) is 0 Å². The summed E-state index contributed by atoms with van der Waals surface area (Å²) in [6.07, 6.45) is 1.44. The Kier molecular flexibility index (Phi) is 11.4. The van der Waals surface area contributed by atoms with Crippen molar-refractivity contribution in [2.75, 3.05) is 13.1 Å².